The van der Waals surface area contributed by atoms with Crippen LogP contribution in [0.1, 0.15) is 24.8 Å². The number of nitrogens with one attached hydrogen (secondary N) is 1. The van der Waals surface area contributed by atoms with Gasteiger partial charge in [-0.3, -0.25) is 9.78 Å². The van der Waals surface area contributed by atoms with Crippen molar-refractivity contribution in [3.63, 3.8) is 0 Å². The lowest BCUT2D eigenvalue weighted by atomic mass is 10.1. The molecule has 0 spiro atoms. The molecule has 1 atom stereocenters. The van der Waals surface area contributed by atoms with Crippen LogP contribution in [0, 0.1) is 0 Å². The van der Waals surface area contributed by atoms with E-state index >= 15 is 0 Å². The van der Waals surface area contributed by atoms with E-state index in [1.165, 1.54) is 28.6 Å². The van der Waals surface area contributed by atoms with Crippen molar-refractivity contribution in [2.75, 3.05) is 6.54 Å². The van der Waals surface area contributed by atoms with Crippen LogP contribution in [0.2, 0.25) is 5.02 Å². The molecular weight excluding hydrogens is 514 g/mol. The largest absolute Gasteiger partial charge is 0.416 e. The van der Waals surface area contributed by atoms with E-state index in [0.717, 1.165) is 12.8 Å². The molecule has 37 heavy (non-hydrogen) atoms. The molecule has 1 fully saturated rings. The molecule has 1 amide bonds. The van der Waals surface area contributed by atoms with Crippen LogP contribution in [-0.2, 0) is 21.4 Å². The molecule has 0 aliphatic carbocycles. The highest BCUT2D eigenvalue weighted by molar-refractivity contribution is 7.89. The van der Waals surface area contributed by atoms with Gasteiger partial charge in [-0.1, -0.05) is 23.7 Å². The van der Waals surface area contributed by atoms with Crippen molar-refractivity contribution in [3.05, 3.63) is 83.6 Å². The lowest BCUT2D eigenvalue weighted by Gasteiger charge is -2.29. The van der Waals surface area contributed by atoms with Crippen molar-refractivity contribution >= 4 is 27.5 Å². The minimum Gasteiger partial charge on any atom is -0.416 e. The third-order valence-electron chi connectivity index (χ3n) is 6.15. The molecule has 5 rings (SSSR count). The number of hydrogen-bond acceptors (Lipinski definition) is 7. The number of halogens is 1. The number of carbonyl (C=O) groups is 1. The Labute approximate surface area is 219 Å². The van der Waals surface area contributed by atoms with Crippen molar-refractivity contribution in [3.8, 4) is 22.9 Å². The first-order valence-corrected chi connectivity index (χ1v) is 13.6. The predicted octanol–water partition coefficient (Wildman–Crippen LogP) is 4.31. The second-order valence-electron chi connectivity index (χ2n) is 8.66. The van der Waals surface area contributed by atoms with Gasteiger partial charge in [-0.05, 0) is 73.4 Å². The molecule has 2 aromatic heterocycles. The van der Waals surface area contributed by atoms with Gasteiger partial charge >= 0.3 is 0 Å². The number of aromatic nitrogens is 3. The van der Waals surface area contributed by atoms with Crippen LogP contribution in [0.5, 0.6) is 0 Å². The standard InChI is InChI=1S/C26H24ClN5O4S/c27-21-10-12-22(13-11-21)37(34,35)32(23-5-1-2-15-29-24(23)33)17-18-6-8-19(9-7-18)25-30-31-26(36-25)20-4-3-14-28-16-20/h3-4,6-14,16,23H,1-2,5,15,17H2,(H,29,33)/t23-/m1/s1. The monoisotopic (exact) mass is 537 g/mol. The summed E-state index contributed by atoms with van der Waals surface area (Å²) in [5, 5.41) is 11.5. The van der Waals surface area contributed by atoms with Gasteiger partial charge < -0.3 is 9.73 Å². The quantitative estimate of drug-likeness (QED) is 0.373. The van der Waals surface area contributed by atoms with Crippen LogP contribution in [0.4, 0.5) is 0 Å². The van der Waals surface area contributed by atoms with Crippen LogP contribution in [-0.4, -0.2) is 46.4 Å². The van der Waals surface area contributed by atoms with Gasteiger partial charge in [0.05, 0.1) is 10.5 Å². The number of sulfonamides is 1. The summed E-state index contributed by atoms with van der Waals surface area (Å²) in [4.78, 5) is 17.0. The van der Waals surface area contributed by atoms with E-state index in [9.17, 15) is 13.2 Å². The first-order valence-electron chi connectivity index (χ1n) is 11.8. The van der Waals surface area contributed by atoms with Crippen LogP contribution < -0.4 is 5.32 Å². The molecule has 0 saturated carbocycles. The topological polar surface area (TPSA) is 118 Å². The Balaban J connectivity index is 1.43. The van der Waals surface area contributed by atoms with Crippen molar-refractivity contribution in [2.45, 2.75) is 36.7 Å². The fraction of sp³-hybridized carbons (Fsp3) is 0.231. The summed E-state index contributed by atoms with van der Waals surface area (Å²) in [6.07, 6.45) is 5.28. The summed E-state index contributed by atoms with van der Waals surface area (Å²) in [5.74, 6) is 0.395. The lowest BCUT2D eigenvalue weighted by molar-refractivity contribution is -0.124. The van der Waals surface area contributed by atoms with Crippen LogP contribution >= 0.6 is 11.6 Å². The minimum absolute atomic E-state index is 0.0219. The Morgan fingerprint density at radius 2 is 1.70 bits per heavy atom. The Hall–Kier alpha value is -3.60. The van der Waals surface area contributed by atoms with Crippen LogP contribution in [0.3, 0.4) is 0 Å². The Kier molecular flexibility index (Phi) is 7.31. The van der Waals surface area contributed by atoms with Crippen molar-refractivity contribution in [2.24, 2.45) is 0 Å². The molecule has 190 valence electrons. The molecule has 9 nitrogen and oxygen atoms in total. The van der Waals surface area contributed by atoms with Crippen molar-refractivity contribution in [1.82, 2.24) is 24.8 Å². The first kappa shape index (κ1) is 25.1. The number of rotatable bonds is 7. The molecule has 11 heteroatoms. The number of carbonyl (C=O) groups excluding carboxylic acids is 1. The normalized spacial score (nSPS) is 16.4. The van der Waals surface area contributed by atoms with E-state index in [2.05, 4.69) is 20.5 Å². The summed E-state index contributed by atoms with van der Waals surface area (Å²) in [6, 6.07) is 15.9. The minimum atomic E-state index is -3.99. The van der Waals surface area contributed by atoms with Gasteiger partial charge in [-0.15, -0.1) is 10.2 Å². The lowest BCUT2D eigenvalue weighted by Crippen LogP contribution is -2.48. The van der Waals surface area contributed by atoms with Gasteiger partial charge in [0.2, 0.25) is 27.7 Å². The van der Waals surface area contributed by atoms with Gasteiger partial charge in [-0.25, -0.2) is 8.42 Å². The molecule has 1 aliphatic heterocycles. The fourth-order valence-corrected chi connectivity index (χ4v) is 5.91. The molecule has 0 unspecified atom stereocenters. The molecule has 1 N–H and O–H groups in total. The first-order chi connectivity index (χ1) is 17.9. The van der Waals surface area contributed by atoms with Crippen LogP contribution in [0.15, 0.2) is 82.4 Å². The summed E-state index contributed by atoms with van der Waals surface area (Å²) in [5.41, 5.74) is 2.11. The molecule has 1 saturated heterocycles. The number of pyridine rings is 1. The maximum Gasteiger partial charge on any atom is 0.249 e. The SMILES string of the molecule is O=C1NCCCC[C@H]1N(Cc1ccc(-c2nnc(-c3cccnc3)o2)cc1)S(=O)(=O)c1ccc(Cl)cc1. The van der Waals surface area contributed by atoms with E-state index in [1.807, 2.05) is 6.07 Å². The highest BCUT2D eigenvalue weighted by atomic mass is 35.5. The average Bonchev–Trinajstić information content (AvgIpc) is 3.32. The molecule has 0 bridgehead atoms. The zero-order chi connectivity index (χ0) is 25.8. The smallest absolute Gasteiger partial charge is 0.249 e. The Morgan fingerprint density at radius 3 is 2.41 bits per heavy atom. The molecule has 4 aromatic rings. The summed E-state index contributed by atoms with van der Waals surface area (Å²) < 4.78 is 34.5. The molecule has 0 radical (unpaired) electrons. The highest BCUT2D eigenvalue weighted by Crippen LogP contribution is 2.28. The van der Waals surface area contributed by atoms with E-state index in [4.69, 9.17) is 16.0 Å². The van der Waals surface area contributed by atoms with Gasteiger partial charge in [0.1, 0.15) is 6.04 Å². The van der Waals surface area contributed by atoms with Gasteiger partial charge in [0.25, 0.3) is 0 Å². The molecular formula is C26H24ClN5O4S. The summed E-state index contributed by atoms with van der Waals surface area (Å²) in [7, 11) is -3.99. The van der Waals surface area contributed by atoms with Crippen LogP contribution in [0.25, 0.3) is 22.9 Å². The summed E-state index contributed by atoms with van der Waals surface area (Å²) >= 11 is 5.97. The third-order valence-corrected chi connectivity index (χ3v) is 8.27. The van der Waals surface area contributed by atoms with E-state index in [0.29, 0.717) is 46.5 Å². The number of benzene rings is 2. The summed E-state index contributed by atoms with van der Waals surface area (Å²) in [6.45, 7) is 0.554. The number of amides is 1. The van der Waals surface area contributed by atoms with Crippen molar-refractivity contribution in [1.29, 1.82) is 0 Å². The number of nitrogens with zero attached hydrogens (tertiary/aromatic N) is 4. The molecule has 3 heterocycles. The van der Waals surface area contributed by atoms with Gasteiger partial charge in [0.15, 0.2) is 0 Å². The zero-order valence-electron chi connectivity index (χ0n) is 19.7. The Bertz CT molecular complexity index is 1480. The maximum atomic E-state index is 13.7. The Morgan fingerprint density at radius 1 is 0.973 bits per heavy atom. The van der Waals surface area contributed by atoms with E-state index in [1.54, 1.807) is 42.7 Å². The molecule has 1 aliphatic rings. The maximum absolute atomic E-state index is 13.7. The van der Waals surface area contributed by atoms with Gasteiger partial charge in [0, 0.05) is 36.1 Å². The van der Waals surface area contributed by atoms with E-state index in [-0.39, 0.29) is 17.3 Å². The van der Waals surface area contributed by atoms with Crippen molar-refractivity contribution < 1.29 is 17.6 Å². The fourth-order valence-electron chi connectivity index (χ4n) is 4.18. The third kappa shape index (κ3) is 5.56. The predicted molar refractivity (Wildman–Crippen MR) is 138 cm³/mol. The van der Waals surface area contributed by atoms with E-state index < -0.39 is 16.1 Å². The van der Waals surface area contributed by atoms with Gasteiger partial charge in [-0.2, -0.15) is 4.31 Å². The zero-order valence-corrected chi connectivity index (χ0v) is 21.3. The number of hydrogen-bond donors (Lipinski definition) is 1. The second kappa shape index (κ2) is 10.8. The highest BCUT2D eigenvalue weighted by Gasteiger charge is 2.36. The second-order valence-corrected chi connectivity index (χ2v) is 11.0. The average molecular weight is 538 g/mol. The molecule has 2 aromatic carbocycles.